The topological polar surface area (TPSA) is 140 Å². The Morgan fingerprint density at radius 3 is 2.46 bits per heavy atom. The lowest BCUT2D eigenvalue weighted by atomic mass is 10.0. The Balaban J connectivity index is 1.35. The molecule has 1 aliphatic heterocycles. The van der Waals surface area contributed by atoms with Crippen molar-refractivity contribution in [3.05, 3.63) is 71.5 Å². The van der Waals surface area contributed by atoms with Gasteiger partial charge in [-0.3, -0.25) is 9.69 Å². The largest absolute Gasteiger partial charge is 0.378 e. The summed E-state index contributed by atoms with van der Waals surface area (Å²) < 4.78 is 6.11. The Labute approximate surface area is 201 Å². The van der Waals surface area contributed by atoms with E-state index in [0.717, 1.165) is 42.6 Å². The molecule has 1 fully saturated rings. The molecule has 2 aromatic carbocycles. The Kier molecular flexibility index (Phi) is 6.31. The second-order valence-electron chi connectivity index (χ2n) is 8.33. The number of likely N-dealkylation sites (tertiary alicyclic amines) is 1. The van der Waals surface area contributed by atoms with Crippen molar-refractivity contribution in [3.8, 4) is 16.9 Å². The van der Waals surface area contributed by atoms with E-state index in [1.54, 1.807) is 0 Å². The van der Waals surface area contributed by atoms with Crippen LogP contribution in [0.25, 0.3) is 16.9 Å². The molecule has 4 aromatic rings. The van der Waals surface area contributed by atoms with Crippen molar-refractivity contribution in [1.82, 2.24) is 35.6 Å². The highest BCUT2D eigenvalue weighted by molar-refractivity contribution is 6.01. The molecule has 0 radical (unpaired) electrons. The van der Waals surface area contributed by atoms with Crippen LogP contribution in [0.5, 0.6) is 0 Å². The van der Waals surface area contributed by atoms with Crippen LogP contribution < -0.4 is 11.2 Å². The number of anilines is 1. The van der Waals surface area contributed by atoms with Gasteiger partial charge in [0.1, 0.15) is 0 Å². The van der Waals surface area contributed by atoms with Crippen molar-refractivity contribution in [3.63, 3.8) is 0 Å². The number of amides is 1. The molecule has 1 aliphatic rings. The first-order chi connectivity index (χ1) is 17.1. The smallest absolute Gasteiger partial charge is 0.293 e. The van der Waals surface area contributed by atoms with Crippen LogP contribution in [0.2, 0.25) is 0 Å². The maximum Gasteiger partial charge on any atom is 0.293 e. The van der Waals surface area contributed by atoms with E-state index in [2.05, 4.69) is 48.2 Å². The van der Waals surface area contributed by atoms with Crippen LogP contribution in [-0.2, 0) is 6.54 Å². The molecule has 1 amide bonds. The molecule has 5 rings (SSSR count). The van der Waals surface area contributed by atoms with Gasteiger partial charge in [-0.2, -0.15) is 9.78 Å². The van der Waals surface area contributed by atoms with E-state index in [9.17, 15) is 4.79 Å². The van der Waals surface area contributed by atoms with Crippen LogP contribution in [0, 0.1) is 0 Å². The normalized spacial score (nSPS) is 14.4. The van der Waals surface area contributed by atoms with Crippen LogP contribution >= 0.6 is 0 Å². The molecule has 178 valence electrons. The van der Waals surface area contributed by atoms with Crippen LogP contribution in [0.3, 0.4) is 0 Å². The summed E-state index contributed by atoms with van der Waals surface area (Å²) in [5.74, 6) is -0.206. The van der Waals surface area contributed by atoms with Crippen LogP contribution in [0.15, 0.2) is 64.3 Å². The second-order valence-corrected chi connectivity index (χ2v) is 8.33. The molecule has 11 nitrogen and oxygen atoms in total. The van der Waals surface area contributed by atoms with Crippen LogP contribution in [0.1, 0.15) is 41.5 Å². The highest BCUT2D eigenvalue weighted by Crippen LogP contribution is 2.21. The fourth-order valence-corrected chi connectivity index (χ4v) is 4.07. The lowest BCUT2D eigenvalue weighted by Gasteiger charge is -2.15. The number of carbonyl (C=O) groups is 1. The van der Waals surface area contributed by atoms with E-state index in [0.29, 0.717) is 18.0 Å². The minimum absolute atomic E-state index is 0.0670. The van der Waals surface area contributed by atoms with Gasteiger partial charge in [0.2, 0.25) is 11.6 Å². The SMILES string of the molecule is C/C(=N/NC(=O)c1nnn(-c2nonc2N)c1CN1CCCC1)c1ccc(-c2ccccc2)cc1. The van der Waals surface area contributed by atoms with E-state index in [4.69, 9.17) is 10.4 Å². The summed E-state index contributed by atoms with van der Waals surface area (Å²) in [5, 5.41) is 19.9. The molecule has 3 heterocycles. The summed E-state index contributed by atoms with van der Waals surface area (Å²) in [6, 6.07) is 18.1. The lowest BCUT2D eigenvalue weighted by Crippen LogP contribution is -2.26. The molecular formula is C24H25N9O2. The van der Waals surface area contributed by atoms with Gasteiger partial charge in [0.15, 0.2) is 5.69 Å². The third-order valence-electron chi connectivity index (χ3n) is 5.98. The van der Waals surface area contributed by atoms with Crippen molar-refractivity contribution in [1.29, 1.82) is 0 Å². The first-order valence-corrected chi connectivity index (χ1v) is 11.4. The Hall–Kier alpha value is -4.38. The molecule has 3 N–H and O–H groups in total. The van der Waals surface area contributed by atoms with E-state index in [1.165, 1.54) is 4.68 Å². The third-order valence-corrected chi connectivity index (χ3v) is 5.98. The number of aromatic nitrogens is 5. The summed E-state index contributed by atoms with van der Waals surface area (Å²) in [5.41, 5.74) is 13.0. The molecule has 0 unspecified atom stereocenters. The van der Waals surface area contributed by atoms with Gasteiger partial charge in [0.05, 0.1) is 11.4 Å². The molecule has 0 saturated carbocycles. The number of nitrogens with one attached hydrogen (secondary N) is 1. The fourth-order valence-electron chi connectivity index (χ4n) is 4.07. The quantitative estimate of drug-likeness (QED) is 0.310. The number of carbonyl (C=O) groups excluding carboxylic acids is 1. The van der Waals surface area contributed by atoms with Gasteiger partial charge in [0.25, 0.3) is 5.91 Å². The zero-order valence-electron chi connectivity index (χ0n) is 19.3. The average Bonchev–Trinajstić information content (AvgIpc) is 3.65. The van der Waals surface area contributed by atoms with E-state index in [1.807, 2.05) is 49.4 Å². The Morgan fingerprint density at radius 1 is 1.06 bits per heavy atom. The molecule has 0 atom stereocenters. The second kappa shape index (κ2) is 9.85. The van der Waals surface area contributed by atoms with Gasteiger partial charge < -0.3 is 5.73 Å². The number of nitrogens with two attached hydrogens (primary N) is 1. The maximum absolute atomic E-state index is 13.0. The molecule has 35 heavy (non-hydrogen) atoms. The van der Waals surface area contributed by atoms with E-state index < -0.39 is 5.91 Å². The predicted molar refractivity (Wildman–Crippen MR) is 130 cm³/mol. The molecular weight excluding hydrogens is 446 g/mol. The number of nitrogens with zero attached hydrogens (tertiary/aromatic N) is 7. The zero-order valence-corrected chi connectivity index (χ0v) is 19.3. The third kappa shape index (κ3) is 4.80. The summed E-state index contributed by atoms with van der Waals surface area (Å²) in [6.07, 6.45) is 2.20. The fraction of sp³-hybridized carbons (Fsp3) is 0.250. The Morgan fingerprint density at radius 2 is 1.77 bits per heavy atom. The Bertz CT molecular complexity index is 1340. The number of hydrogen-bond donors (Lipinski definition) is 2. The van der Waals surface area contributed by atoms with Crippen LogP contribution in [0.4, 0.5) is 5.82 Å². The number of rotatable bonds is 7. The molecule has 11 heteroatoms. The molecule has 0 bridgehead atoms. The summed E-state index contributed by atoms with van der Waals surface area (Å²) >= 11 is 0. The molecule has 1 saturated heterocycles. The summed E-state index contributed by atoms with van der Waals surface area (Å²) in [4.78, 5) is 15.3. The monoisotopic (exact) mass is 471 g/mol. The number of hydrazone groups is 1. The number of hydrogen-bond acceptors (Lipinski definition) is 9. The highest BCUT2D eigenvalue weighted by Gasteiger charge is 2.26. The summed E-state index contributed by atoms with van der Waals surface area (Å²) in [7, 11) is 0. The van der Waals surface area contributed by atoms with Gasteiger partial charge in [-0.25, -0.2) is 10.1 Å². The predicted octanol–water partition coefficient (Wildman–Crippen LogP) is 2.65. The summed E-state index contributed by atoms with van der Waals surface area (Å²) in [6.45, 7) is 4.15. The van der Waals surface area contributed by atoms with Crippen molar-refractivity contribution in [2.45, 2.75) is 26.3 Å². The molecule has 0 spiro atoms. The number of nitrogen functional groups attached to an aromatic ring is 1. The van der Waals surface area contributed by atoms with Crippen molar-refractivity contribution in [2.75, 3.05) is 18.8 Å². The lowest BCUT2D eigenvalue weighted by molar-refractivity contribution is 0.0947. The first-order valence-electron chi connectivity index (χ1n) is 11.4. The zero-order chi connectivity index (χ0) is 24.2. The van der Waals surface area contributed by atoms with Crippen molar-refractivity contribution in [2.24, 2.45) is 5.10 Å². The molecule has 0 aliphatic carbocycles. The minimum Gasteiger partial charge on any atom is -0.378 e. The van der Waals surface area contributed by atoms with E-state index in [-0.39, 0.29) is 17.3 Å². The molecule has 2 aromatic heterocycles. The van der Waals surface area contributed by atoms with Gasteiger partial charge in [0, 0.05) is 6.54 Å². The van der Waals surface area contributed by atoms with Crippen LogP contribution in [-0.4, -0.2) is 54.9 Å². The maximum atomic E-state index is 13.0. The van der Waals surface area contributed by atoms with Gasteiger partial charge in [-0.05, 0) is 59.9 Å². The average molecular weight is 472 g/mol. The van der Waals surface area contributed by atoms with E-state index >= 15 is 0 Å². The highest BCUT2D eigenvalue weighted by atomic mass is 16.6. The van der Waals surface area contributed by atoms with Gasteiger partial charge in [-0.15, -0.1) is 5.10 Å². The first kappa shape index (κ1) is 22.4. The van der Waals surface area contributed by atoms with Crippen molar-refractivity contribution < 1.29 is 9.42 Å². The van der Waals surface area contributed by atoms with Crippen molar-refractivity contribution >= 4 is 17.4 Å². The van der Waals surface area contributed by atoms with Gasteiger partial charge >= 0.3 is 0 Å². The standard InChI is InChI=1S/C24H25N9O2/c1-16(17-9-11-19(12-10-17)18-7-3-2-4-8-18)26-28-24(34)21-20(15-32-13-5-6-14-32)33(31-27-21)23-22(25)29-35-30-23/h2-4,7-12H,5-6,13-15H2,1H3,(H2,25,29)(H,28,34)/b26-16-. The van der Waals surface area contributed by atoms with Gasteiger partial charge in [-0.1, -0.05) is 59.8 Å². The minimum atomic E-state index is -0.472. The number of benzene rings is 2.